The highest BCUT2D eigenvalue weighted by molar-refractivity contribution is 5.62. The van der Waals surface area contributed by atoms with Crippen molar-refractivity contribution in [3.63, 3.8) is 0 Å². The number of piperazine rings is 1. The Balaban J connectivity index is 1.93. The minimum absolute atomic E-state index is 0.582. The first kappa shape index (κ1) is 13.6. The van der Waals surface area contributed by atoms with Crippen LogP contribution in [0.3, 0.4) is 0 Å². The maximum Gasteiger partial charge on any atom is 0.142 e. The largest absolute Gasteiger partial charge is 0.497 e. The summed E-state index contributed by atoms with van der Waals surface area (Å²) in [6, 6.07) is 7.28. The van der Waals surface area contributed by atoms with Crippen molar-refractivity contribution in [3.05, 3.63) is 18.2 Å². The maximum atomic E-state index is 5.56. The molecule has 2 atom stereocenters. The van der Waals surface area contributed by atoms with Crippen molar-refractivity contribution in [2.45, 2.75) is 37.8 Å². The summed E-state index contributed by atoms with van der Waals surface area (Å²) >= 11 is 0. The Bertz CT molecular complexity index is 462. The number of benzene rings is 1. The summed E-state index contributed by atoms with van der Waals surface area (Å²) in [5.74, 6) is 1.84. The molecule has 1 heterocycles. The van der Waals surface area contributed by atoms with Crippen LogP contribution in [0.4, 0.5) is 5.69 Å². The van der Waals surface area contributed by atoms with Crippen LogP contribution in [-0.2, 0) is 0 Å². The lowest BCUT2D eigenvalue weighted by Crippen LogP contribution is -2.59. The van der Waals surface area contributed by atoms with E-state index in [0.29, 0.717) is 12.1 Å². The van der Waals surface area contributed by atoms with Crippen LogP contribution in [-0.4, -0.2) is 39.4 Å². The smallest absolute Gasteiger partial charge is 0.142 e. The van der Waals surface area contributed by atoms with Gasteiger partial charge in [-0.05, 0) is 25.0 Å². The van der Waals surface area contributed by atoms with Crippen LogP contribution in [0.25, 0.3) is 0 Å². The lowest BCUT2D eigenvalue weighted by Gasteiger charge is -2.46. The molecule has 0 bridgehead atoms. The molecule has 4 heteroatoms. The van der Waals surface area contributed by atoms with Gasteiger partial charge in [0.25, 0.3) is 0 Å². The predicted octanol–water partition coefficient (Wildman–Crippen LogP) is 2.42. The number of hydrogen-bond donors (Lipinski definition) is 1. The molecule has 1 N–H and O–H groups in total. The maximum absolute atomic E-state index is 5.56. The van der Waals surface area contributed by atoms with Crippen molar-refractivity contribution in [1.82, 2.24) is 5.32 Å². The molecule has 1 aromatic carbocycles. The molecule has 110 valence electrons. The Kier molecular flexibility index (Phi) is 4.01. The second-order valence-electron chi connectivity index (χ2n) is 5.64. The molecule has 1 aliphatic heterocycles. The Morgan fingerprint density at radius 1 is 1.15 bits per heavy atom. The fourth-order valence-corrected chi connectivity index (χ4v) is 3.58. The van der Waals surface area contributed by atoms with Gasteiger partial charge in [-0.2, -0.15) is 0 Å². The third-order valence-electron chi connectivity index (χ3n) is 4.58. The Hall–Kier alpha value is -1.42. The van der Waals surface area contributed by atoms with Crippen LogP contribution in [0.2, 0.25) is 0 Å². The number of nitrogens with zero attached hydrogens (tertiary/aromatic N) is 1. The van der Waals surface area contributed by atoms with Crippen molar-refractivity contribution in [3.8, 4) is 11.5 Å². The van der Waals surface area contributed by atoms with E-state index in [1.165, 1.54) is 31.4 Å². The fourth-order valence-electron chi connectivity index (χ4n) is 3.58. The van der Waals surface area contributed by atoms with Gasteiger partial charge in [0.1, 0.15) is 11.5 Å². The van der Waals surface area contributed by atoms with Gasteiger partial charge in [0, 0.05) is 31.2 Å². The molecule has 1 aromatic rings. The van der Waals surface area contributed by atoms with Crippen LogP contribution >= 0.6 is 0 Å². The van der Waals surface area contributed by atoms with E-state index in [1.807, 2.05) is 12.1 Å². The van der Waals surface area contributed by atoms with Gasteiger partial charge in [0.2, 0.25) is 0 Å². The Labute approximate surface area is 121 Å². The monoisotopic (exact) mass is 276 g/mol. The van der Waals surface area contributed by atoms with Gasteiger partial charge in [-0.15, -0.1) is 0 Å². The first-order valence-corrected chi connectivity index (χ1v) is 7.55. The SMILES string of the molecule is COc1ccc(OC)c(N2CCN[C@H]3CCCC[C@H]32)c1. The van der Waals surface area contributed by atoms with E-state index in [2.05, 4.69) is 16.3 Å². The number of nitrogens with one attached hydrogen (secondary N) is 1. The van der Waals surface area contributed by atoms with E-state index in [0.717, 1.165) is 24.6 Å². The molecule has 2 aliphatic rings. The molecule has 0 radical (unpaired) electrons. The third kappa shape index (κ3) is 2.44. The minimum Gasteiger partial charge on any atom is -0.497 e. The normalized spacial score (nSPS) is 26.0. The van der Waals surface area contributed by atoms with E-state index in [4.69, 9.17) is 9.47 Å². The van der Waals surface area contributed by atoms with E-state index in [9.17, 15) is 0 Å². The topological polar surface area (TPSA) is 33.7 Å². The van der Waals surface area contributed by atoms with Crippen molar-refractivity contribution in [1.29, 1.82) is 0 Å². The quantitative estimate of drug-likeness (QED) is 0.919. The summed E-state index contributed by atoms with van der Waals surface area (Å²) in [5.41, 5.74) is 1.17. The molecule has 1 saturated heterocycles. The second-order valence-corrected chi connectivity index (χ2v) is 5.64. The van der Waals surface area contributed by atoms with Crippen molar-refractivity contribution >= 4 is 5.69 Å². The average molecular weight is 276 g/mol. The van der Waals surface area contributed by atoms with Gasteiger partial charge in [-0.25, -0.2) is 0 Å². The highest BCUT2D eigenvalue weighted by atomic mass is 16.5. The van der Waals surface area contributed by atoms with Gasteiger partial charge in [0.15, 0.2) is 0 Å². The summed E-state index contributed by atoms with van der Waals surface area (Å²) in [5, 5.41) is 3.67. The number of methoxy groups -OCH3 is 2. The summed E-state index contributed by atoms with van der Waals surface area (Å²) in [7, 11) is 3.46. The molecule has 0 spiro atoms. The van der Waals surface area contributed by atoms with Crippen LogP contribution in [0.1, 0.15) is 25.7 Å². The molecule has 1 aliphatic carbocycles. The van der Waals surface area contributed by atoms with Crippen molar-refractivity contribution in [2.24, 2.45) is 0 Å². The molecular weight excluding hydrogens is 252 g/mol. The zero-order chi connectivity index (χ0) is 13.9. The summed E-state index contributed by atoms with van der Waals surface area (Å²) < 4.78 is 10.9. The van der Waals surface area contributed by atoms with Crippen molar-refractivity contribution in [2.75, 3.05) is 32.2 Å². The first-order chi connectivity index (χ1) is 9.83. The van der Waals surface area contributed by atoms with E-state index in [1.54, 1.807) is 14.2 Å². The van der Waals surface area contributed by atoms with E-state index < -0.39 is 0 Å². The predicted molar refractivity (Wildman–Crippen MR) is 80.9 cm³/mol. The highest BCUT2D eigenvalue weighted by Gasteiger charge is 2.34. The van der Waals surface area contributed by atoms with Crippen LogP contribution in [0, 0.1) is 0 Å². The van der Waals surface area contributed by atoms with Gasteiger partial charge in [0.05, 0.1) is 19.9 Å². The Morgan fingerprint density at radius 2 is 2.00 bits per heavy atom. The van der Waals surface area contributed by atoms with E-state index in [-0.39, 0.29) is 0 Å². The number of hydrogen-bond acceptors (Lipinski definition) is 4. The molecule has 0 amide bonds. The zero-order valence-corrected chi connectivity index (χ0v) is 12.4. The number of fused-ring (bicyclic) bond motifs is 1. The minimum atomic E-state index is 0.582. The Morgan fingerprint density at radius 3 is 2.80 bits per heavy atom. The molecule has 0 aromatic heterocycles. The lowest BCUT2D eigenvalue weighted by atomic mass is 9.87. The number of anilines is 1. The molecule has 0 unspecified atom stereocenters. The molecule has 2 fully saturated rings. The average Bonchev–Trinajstić information content (AvgIpc) is 2.53. The van der Waals surface area contributed by atoms with Crippen LogP contribution in [0.15, 0.2) is 18.2 Å². The molecular formula is C16H24N2O2. The van der Waals surface area contributed by atoms with Gasteiger partial charge < -0.3 is 19.7 Å². The van der Waals surface area contributed by atoms with Crippen LogP contribution in [0.5, 0.6) is 11.5 Å². The fraction of sp³-hybridized carbons (Fsp3) is 0.625. The summed E-state index contributed by atoms with van der Waals surface area (Å²) in [6.07, 6.45) is 5.22. The second kappa shape index (κ2) is 5.92. The van der Waals surface area contributed by atoms with Gasteiger partial charge >= 0.3 is 0 Å². The van der Waals surface area contributed by atoms with Crippen LogP contribution < -0.4 is 19.7 Å². The molecule has 20 heavy (non-hydrogen) atoms. The first-order valence-electron chi connectivity index (χ1n) is 7.55. The van der Waals surface area contributed by atoms with Crippen molar-refractivity contribution < 1.29 is 9.47 Å². The van der Waals surface area contributed by atoms with E-state index >= 15 is 0 Å². The van der Waals surface area contributed by atoms with Gasteiger partial charge in [-0.3, -0.25) is 0 Å². The number of rotatable bonds is 3. The molecule has 4 nitrogen and oxygen atoms in total. The molecule has 1 saturated carbocycles. The summed E-state index contributed by atoms with van der Waals surface area (Å²) in [6.45, 7) is 2.08. The zero-order valence-electron chi connectivity index (χ0n) is 12.4. The summed E-state index contributed by atoms with van der Waals surface area (Å²) in [4.78, 5) is 2.52. The third-order valence-corrected chi connectivity index (χ3v) is 4.58. The van der Waals surface area contributed by atoms with Gasteiger partial charge in [-0.1, -0.05) is 12.8 Å². The lowest BCUT2D eigenvalue weighted by molar-refractivity contribution is 0.282. The number of ether oxygens (including phenoxy) is 2. The standard InChI is InChI=1S/C16H24N2O2/c1-19-12-7-8-16(20-2)15(11-12)18-10-9-17-13-5-3-4-6-14(13)18/h7-8,11,13-14,17H,3-6,9-10H2,1-2H3/t13-,14+/m0/s1. The molecule has 3 rings (SSSR count). The highest BCUT2D eigenvalue weighted by Crippen LogP contribution is 2.37.